The summed E-state index contributed by atoms with van der Waals surface area (Å²) in [5.41, 5.74) is 3.64. The van der Waals surface area contributed by atoms with Gasteiger partial charge in [0.2, 0.25) is 0 Å². The maximum atomic E-state index is 13.7. The van der Waals surface area contributed by atoms with Crippen molar-refractivity contribution >= 4 is 11.7 Å². The minimum atomic E-state index is -0.469. The van der Waals surface area contributed by atoms with Crippen LogP contribution in [0, 0.1) is 5.92 Å². The van der Waals surface area contributed by atoms with Crippen LogP contribution < -0.4 is 0 Å². The second-order valence-corrected chi connectivity index (χ2v) is 11.9. The zero-order chi connectivity index (χ0) is 27.9. The van der Waals surface area contributed by atoms with Crippen molar-refractivity contribution in [3.63, 3.8) is 0 Å². The number of aliphatic hydroxyl groups is 1. The SMILES string of the molecule is CC(C)CCN1CCN(Cc2cccc(C(=O)N3[C@H](C)CN(Cc4ccc(C(=O)CO)cc4)C[C@@H]3C)c2)CC1. The summed E-state index contributed by atoms with van der Waals surface area (Å²) >= 11 is 0. The predicted molar refractivity (Wildman–Crippen MR) is 156 cm³/mol. The third-order valence-corrected chi connectivity index (χ3v) is 8.12. The summed E-state index contributed by atoms with van der Waals surface area (Å²) in [7, 11) is 0. The van der Waals surface area contributed by atoms with Crippen LogP contribution in [0.4, 0.5) is 0 Å². The van der Waals surface area contributed by atoms with Crippen LogP contribution in [0.15, 0.2) is 48.5 Å². The fourth-order valence-electron chi connectivity index (χ4n) is 5.93. The van der Waals surface area contributed by atoms with Gasteiger partial charge < -0.3 is 14.9 Å². The lowest BCUT2D eigenvalue weighted by Crippen LogP contribution is -2.58. The maximum absolute atomic E-state index is 13.7. The first-order valence-electron chi connectivity index (χ1n) is 14.5. The molecular formula is C32H46N4O3. The van der Waals surface area contributed by atoms with Crippen molar-refractivity contribution in [3.05, 3.63) is 70.8 Å². The zero-order valence-corrected chi connectivity index (χ0v) is 24.2. The minimum Gasteiger partial charge on any atom is -0.388 e. The highest BCUT2D eigenvalue weighted by atomic mass is 16.3. The van der Waals surface area contributed by atoms with Crippen molar-refractivity contribution in [2.75, 3.05) is 52.4 Å². The normalized spacial score (nSPS) is 21.4. The number of amides is 1. The van der Waals surface area contributed by atoms with E-state index in [9.17, 15) is 9.59 Å². The number of hydrogen-bond acceptors (Lipinski definition) is 6. The number of ketones is 1. The summed E-state index contributed by atoms with van der Waals surface area (Å²) < 4.78 is 0. The number of benzene rings is 2. The van der Waals surface area contributed by atoms with Gasteiger partial charge in [0, 0.05) is 75.6 Å². The molecule has 2 heterocycles. The summed E-state index contributed by atoms with van der Waals surface area (Å²) in [5.74, 6) is 0.599. The van der Waals surface area contributed by atoms with E-state index in [1.165, 1.54) is 18.5 Å². The van der Waals surface area contributed by atoms with Crippen LogP contribution in [0.2, 0.25) is 0 Å². The average Bonchev–Trinajstić information content (AvgIpc) is 2.92. The zero-order valence-electron chi connectivity index (χ0n) is 24.2. The minimum absolute atomic E-state index is 0.0964. The van der Waals surface area contributed by atoms with E-state index in [0.29, 0.717) is 5.56 Å². The summed E-state index contributed by atoms with van der Waals surface area (Å²) in [6.45, 7) is 17.2. The maximum Gasteiger partial charge on any atom is 0.254 e. The Labute approximate surface area is 234 Å². The average molecular weight is 535 g/mol. The van der Waals surface area contributed by atoms with Crippen LogP contribution in [0.5, 0.6) is 0 Å². The Kier molecular flexibility index (Phi) is 10.3. The Morgan fingerprint density at radius 2 is 1.44 bits per heavy atom. The van der Waals surface area contributed by atoms with Crippen molar-refractivity contribution < 1.29 is 14.7 Å². The van der Waals surface area contributed by atoms with Gasteiger partial charge in [-0.05, 0) is 56.0 Å². The first kappa shape index (κ1) is 29.4. The lowest BCUT2D eigenvalue weighted by molar-refractivity contribution is 0.0268. The standard InChI is InChI=1S/C32H46N4O3/c1-24(2)12-13-33-14-16-34(17-15-33)22-28-6-5-7-30(18-28)32(39)36-25(3)19-35(20-26(36)4)21-27-8-10-29(11-9-27)31(38)23-37/h5-11,18,24-26,37H,12-17,19-23H2,1-4H3/t25-,26+. The largest absolute Gasteiger partial charge is 0.388 e. The van der Waals surface area contributed by atoms with E-state index in [2.05, 4.69) is 54.5 Å². The van der Waals surface area contributed by atoms with Gasteiger partial charge in [0.05, 0.1) is 0 Å². The van der Waals surface area contributed by atoms with E-state index in [1.54, 1.807) is 12.1 Å². The van der Waals surface area contributed by atoms with Crippen LogP contribution in [0.1, 0.15) is 66.0 Å². The fraction of sp³-hybridized carbons (Fsp3) is 0.562. The van der Waals surface area contributed by atoms with Gasteiger partial charge in [-0.15, -0.1) is 0 Å². The lowest BCUT2D eigenvalue weighted by Gasteiger charge is -2.44. The van der Waals surface area contributed by atoms with Crippen LogP contribution in [-0.2, 0) is 13.1 Å². The molecule has 2 aromatic carbocycles. The Bertz CT molecular complexity index is 1080. The number of piperazine rings is 2. The van der Waals surface area contributed by atoms with Gasteiger partial charge in [-0.2, -0.15) is 0 Å². The fourth-order valence-corrected chi connectivity index (χ4v) is 5.93. The van der Waals surface area contributed by atoms with Crippen molar-refractivity contribution in [1.82, 2.24) is 19.6 Å². The summed E-state index contributed by atoms with van der Waals surface area (Å²) in [4.78, 5) is 34.9. The molecule has 0 radical (unpaired) electrons. The van der Waals surface area contributed by atoms with E-state index in [0.717, 1.165) is 69.4 Å². The number of carbonyl (C=O) groups excluding carboxylic acids is 2. The molecule has 0 aliphatic carbocycles. The van der Waals surface area contributed by atoms with Gasteiger partial charge in [-0.1, -0.05) is 50.2 Å². The van der Waals surface area contributed by atoms with Gasteiger partial charge in [0.1, 0.15) is 6.61 Å². The van der Waals surface area contributed by atoms with Gasteiger partial charge >= 0.3 is 0 Å². The first-order valence-corrected chi connectivity index (χ1v) is 14.5. The molecule has 0 saturated carbocycles. The number of aliphatic hydroxyl groups excluding tert-OH is 1. The Balaban J connectivity index is 1.31. The third kappa shape index (κ3) is 7.98. The van der Waals surface area contributed by atoms with Crippen LogP contribution in [0.3, 0.4) is 0 Å². The Morgan fingerprint density at radius 3 is 2.05 bits per heavy atom. The van der Waals surface area contributed by atoms with E-state index in [4.69, 9.17) is 5.11 Å². The molecule has 0 bridgehead atoms. The second-order valence-electron chi connectivity index (χ2n) is 11.9. The molecule has 0 spiro atoms. The third-order valence-electron chi connectivity index (χ3n) is 8.12. The number of Topliss-reactive ketones (excluding diaryl/α,β-unsaturated/α-hetero) is 1. The molecule has 7 nitrogen and oxygen atoms in total. The van der Waals surface area contributed by atoms with Gasteiger partial charge in [0.25, 0.3) is 5.91 Å². The Hall–Kier alpha value is -2.58. The molecule has 2 aliphatic heterocycles. The molecule has 2 fully saturated rings. The van der Waals surface area contributed by atoms with Crippen molar-refractivity contribution in [2.45, 2.75) is 59.3 Å². The first-order chi connectivity index (χ1) is 18.7. The number of rotatable bonds is 10. The smallest absolute Gasteiger partial charge is 0.254 e. The molecular weight excluding hydrogens is 488 g/mol. The van der Waals surface area contributed by atoms with Gasteiger partial charge in [-0.3, -0.25) is 19.4 Å². The molecule has 1 amide bonds. The molecule has 0 aromatic heterocycles. The molecule has 0 unspecified atom stereocenters. The molecule has 39 heavy (non-hydrogen) atoms. The molecule has 2 saturated heterocycles. The van der Waals surface area contributed by atoms with E-state index in [1.807, 2.05) is 29.2 Å². The highest BCUT2D eigenvalue weighted by Gasteiger charge is 2.33. The van der Waals surface area contributed by atoms with Crippen LogP contribution >= 0.6 is 0 Å². The van der Waals surface area contributed by atoms with Crippen molar-refractivity contribution in [3.8, 4) is 0 Å². The summed E-state index contributed by atoms with van der Waals surface area (Å²) in [6, 6.07) is 15.9. The predicted octanol–water partition coefficient (Wildman–Crippen LogP) is 3.76. The van der Waals surface area contributed by atoms with Gasteiger partial charge in [0.15, 0.2) is 5.78 Å². The van der Waals surface area contributed by atoms with Gasteiger partial charge in [-0.25, -0.2) is 0 Å². The lowest BCUT2D eigenvalue weighted by atomic mass is 10.0. The monoisotopic (exact) mass is 534 g/mol. The van der Waals surface area contributed by atoms with Crippen LogP contribution in [-0.4, -0.2) is 101 Å². The topological polar surface area (TPSA) is 67.3 Å². The highest BCUT2D eigenvalue weighted by molar-refractivity contribution is 5.97. The number of nitrogens with zero attached hydrogens (tertiary/aromatic N) is 4. The molecule has 7 heteroatoms. The Morgan fingerprint density at radius 1 is 0.821 bits per heavy atom. The van der Waals surface area contributed by atoms with E-state index < -0.39 is 6.61 Å². The summed E-state index contributed by atoms with van der Waals surface area (Å²) in [6.07, 6.45) is 1.26. The van der Waals surface area contributed by atoms with Crippen LogP contribution in [0.25, 0.3) is 0 Å². The highest BCUT2D eigenvalue weighted by Crippen LogP contribution is 2.22. The molecule has 212 valence electrons. The second kappa shape index (κ2) is 13.7. The quantitative estimate of drug-likeness (QED) is 0.469. The van der Waals surface area contributed by atoms with E-state index in [-0.39, 0.29) is 23.8 Å². The number of carbonyl (C=O) groups is 2. The van der Waals surface area contributed by atoms with Crippen molar-refractivity contribution in [2.24, 2.45) is 5.92 Å². The molecule has 1 N–H and O–H groups in total. The van der Waals surface area contributed by atoms with Crippen molar-refractivity contribution in [1.29, 1.82) is 0 Å². The molecule has 4 rings (SSSR count). The molecule has 2 atom stereocenters. The molecule has 2 aromatic rings. The number of hydrogen-bond donors (Lipinski definition) is 1. The molecule has 2 aliphatic rings. The summed E-state index contributed by atoms with van der Waals surface area (Å²) in [5, 5.41) is 9.06. The van der Waals surface area contributed by atoms with E-state index >= 15 is 0 Å².